The number of nitrogens with one attached hydrogen (secondary N) is 2. The number of hydrogen-bond donors (Lipinski definition) is 2. The van der Waals surface area contributed by atoms with Gasteiger partial charge in [0.15, 0.2) is 34.6 Å². The Labute approximate surface area is 209 Å². The molecule has 0 bridgehead atoms. The van der Waals surface area contributed by atoms with Crippen LogP contribution in [0, 0.1) is 0 Å². The van der Waals surface area contributed by atoms with Crippen molar-refractivity contribution in [2.24, 2.45) is 0 Å². The minimum atomic E-state index is -0.838. The molecule has 4 atom stereocenters. The first-order valence-electron chi connectivity index (χ1n) is 12.2. The van der Waals surface area contributed by atoms with E-state index in [-0.39, 0.29) is 31.8 Å². The SMILES string of the molecule is CC1(C)OC[C@H]([C@@H]2Nc3cc4c(cc3[C@@H](Nc3ccc5c(c3)OCO5)[C@]23COC(C)(C)O3)OCO4)O1. The van der Waals surface area contributed by atoms with Gasteiger partial charge >= 0.3 is 0 Å². The highest BCUT2D eigenvalue weighted by Gasteiger charge is 2.62. The Morgan fingerprint density at radius 1 is 0.833 bits per heavy atom. The maximum absolute atomic E-state index is 6.81. The summed E-state index contributed by atoms with van der Waals surface area (Å²) in [4.78, 5) is 0. The van der Waals surface area contributed by atoms with Crippen LogP contribution in [-0.4, -0.2) is 56.1 Å². The number of hydrogen-bond acceptors (Lipinski definition) is 10. The molecule has 5 aliphatic heterocycles. The Bertz CT molecular complexity index is 1220. The molecule has 2 aromatic rings. The van der Waals surface area contributed by atoms with Crippen molar-refractivity contribution in [3.63, 3.8) is 0 Å². The average Bonchev–Trinajstić information content (AvgIpc) is 3.60. The van der Waals surface area contributed by atoms with E-state index in [4.69, 9.17) is 37.9 Å². The van der Waals surface area contributed by atoms with Gasteiger partial charge in [0.25, 0.3) is 0 Å². The molecule has 5 heterocycles. The van der Waals surface area contributed by atoms with Crippen LogP contribution in [0.4, 0.5) is 11.4 Å². The summed E-state index contributed by atoms with van der Waals surface area (Å²) in [7, 11) is 0. The van der Waals surface area contributed by atoms with Crippen molar-refractivity contribution in [3.8, 4) is 23.0 Å². The molecule has 0 aliphatic carbocycles. The molecule has 5 aliphatic rings. The molecular formula is C26H30N2O8. The molecule has 2 saturated heterocycles. The third-order valence-electron chi connectivity index (χ3n) is 7.35. The van der Waals surface area contributed by atoms with Gasteiger partial charge in [0.2, 0.25) is 13.6 Å². The zero-order valence-electron chi connectivity index (χ0n) is 20.7. The van der Waals surface area contributed by atoms with E-state index < -0.39 is 17.2 Å². The van der Waals surface area contributed by atoms with Gasteiger partial charge in [-0.25, -0.2) is 0 Å². The Morgan fingerprint density at radius 3 is 2.25 bits per heavy atom. The van der Waals surface area contributed by atoms with Crippen LogP contribution >= 0.6 is 0 Å². The van der Waals surface area contributed by atoms with E-state index in [0.29, 0.717) is 30.5 Å². The van der Waals surface area contributed by atoms with E-state index in [0.717, 1.165) is 22.7 Å². The van der Waals surface area contributed by atoms with E-state index in [1.807, 2.05) is 58.0 Å². The van der Waals surface area contributed by atoms with Gasteiger partial charge in [0.1, 0.15) is 11.7 Å². The summed E-state index contributed by atoms with van der Waals surface area (Å²) in [6.07, 6.45) is -0.280. The Balaban J connectivity index is 1.36. The van der Waals surface area contributed by atoms with Gasteiger partial charge in [0, 0.05) is 29.1 Å². The van der Waals surface area contributed by atoms with Crippen molar-refractivity contribution in [2.75, 3.05) is 37.4 Å². The number of ether oxygens (including phenoxy) is 8. The lowest BCUT2D eigenvalue weighted by Gasteiger charge is -2.49. The Kier molecular flexibility index (Phi) is 4.67. The van der Waals surface area contributed by atoms with Crippen LogP contribution in [0.15, 0.2) is 30.3 Å². The maximum atomic E-state index is 6.81. The first kappa shape index (κ1) is 22.3. The molecule has 192 valence electrons. The van der Waals surface area contributed by atoms with Gasteiger partial charge in [-0.2, -0.15) is 0 Å². The highest BCUT2D eigenvalue weighted by atomic mass is 16.8. The molecule has 0 unspecified atom stereocenters. The highest BCUT2D eigenvalue weighted by molar-refractivity contribution is 5.68. The van der Waals surface area contributed by atoms with Crippen molar-refractivity contribution >= 4 is 11.4 Å². The molecule has 2 aromatic carbocycles. The third-order valence-corrected chi connectivity index (χ3v) is 7.35. The van der Waals surface area contributed by atoms with Gasteiger partial charge in [0.05, 0.1) is 25.3 Å². The van der Waals surface area contributed by atoms with Crippen molar-refractivity contribution in [2.45, 2.75) is 63.1 Å². The molecule has 36 heavy (non-hydrogen) atoms. The van der Waals surface area contributed by atoms with Gasteiger partial charge < -0.3 is 48.5 Å². The lowest BCUT2D eigenvalue weighted by Crippen LogP contribution is -2.63. The van der Waals surface area contributed by atoms with Crippen LogP contribution in [0.25, 0.3) is 0 Å². The fourth-order valence-electron chi connectivity index (χ4n) is 5.79. The molecule has 2 fully saturated rings. The number of rotatable bonds is 3. The van der Waals surface area contributed by atoms with Gasteiger partial charge in [-0.3, -0.25) is 0 Å². The maximum Gasteiger partial charge on any atom is 0.231 e. The van der Waals surface area contributed by atoms with Gasteiger partial charge in [-0.05, 0) is 45.9 Å². The Hall–Kier alpha value is -2.92. The predicted molar refractivity (Wildman–Crippen MR) is 128 cm³/mol. The normalized spacial score (nSPS) is 32.4. The van der Waals surface area contributed by atoms with E-state index in [1.165, 1.54) is 0 Å². The lowest BCUT2D eigenvalue weighted by molar-refractivity contribution is -0.183. The first-order chi connectivity index (χ1) is 17.2. The van der Waals surface area contributed by atoms with E-state index >= 15 is 0 Å². The number of fused-ring (bicyclic) bond motifs is 3. The molecule has 10 heteroatoms. The van der Waals surface area contributed by atoms with Crippen molar-refractivity contribution in [1.82, 2.24) is 0 Å². The molecule has 7 rings (SSSR count). The minimum absolute atomic E-state index is 0.188. The lowest BCUT2D eigenvalue weighted by atomic mass is 9.76. The monoisotopic (exact) mass is 498 g/mol. The summed E-state index contributed by atoms with van der Waals surface area (Å²) in [5.74, 6) is 1.33. The summed E-state index contributed by atoms with van der Waals surface area (Å²) >= 11 is 0. The van der Waals surface area contributed by atoms with E-state index in [2.05, 4.69) is 10.6 Å². The second-order valence-corrected chi connectivity index (χ2v) is 10.7. The summed E-state index contributed by atoms with van der Waals surface area (Å²) < 4.78 is 47.9. The predicted octanol–water partition coefficient (Wildman–Crippen LogP) is 3.76. The standard InChI is InChI=1S/C26H30N2O8/c1-24(2)33-10-21(35-24)23-26(11-34-25(3,4)36-26)22(27-14-5-6-17-18(7-14)30-12-29-17)15-8-19-20(32-13-31-19)9-16(15)28-23/h5-9,21-23,27-28H,10-13H2,1-4H3/t21-,22-,23+,26-/m1/s1. The van der Waals surface area contributed by atoms with E-state index in [1.54, 1.807) is 0 Å². The summed E-state index contributed by atoms with van der Waals surface area (Å²) in [6.45, 7) is 8.88. The van der Waals surface area contributed by atoms with Crippen LogP contribution in [0.2, 0.25) is 0 Å². The molecule has 10 nitrogen and oxygen atoms in total. The summed E-state index contributed by atoms with van der Waals surface area (Å²) in [5.41, 5.74) is 1.92. The number of anilines is 2. The van der Waals surface area contributed by atoms with Crippen LogP contribution in [0.5, 0.6) is 23.0 Å². The van der Waals surface area contributed by atoms with Crippen molar-refractivity contribution in [1.29, 1.82) is 0 Å². The summed E-state index contributed by atoms with van der Waals surface area (Å²) in [6, 6.07) is 9.19. The molecule has 0 aromatic heterocycles. The van der Waals surface area contributed by atoms with Gasteiger partial charge in [-0.1, -0.05) is 0 Å². The Morgan fingerprint density at radius 2 is 1.56 bits per heavy atom. The second kappa shape index (κ2) is 7.55. The van der Waals surface area contributed by atoms with Crippen molar-refractivity contribution in [3.05, 3.63) is 35.9 Å². The highest BCUT2D eigenvalue weighted by Crippen LogP contribution is 2.54. The quantitative estimate of drug-likeness (QED) is 0.651. The minimum Gasteiger partial charge on any atom is -0.454 e. The number of benzene rings is 2. The van der Waals surface area contributed by atoms with Crippen LogP contribution in [0.1, 0.15) is 39.3 Å². The average molecular weight is 499 g/mol. The molecule has 2 N–H and O–H groups in total. The van der Waals surface area contributed by atoms with Gasteiger partial charge in [-0.15, -0.1) is 0 Å². The van der Waals surface area contributed by atoms with Crippen LogP contribution in [0.3, 0.4) is 0 Å². The molecule has 0 amide bonds. The zero-order chi connectivity index (χ0) is 24.7. The molecular weight excluding hydrogens is 468 g/mol. The smallest absolute Gasteiger partial charge is 0.231 e. The second-order valence-electron chi connectivity index (χ2n) is 10.7. The first-order valence-corrected chi connectivity index (χ1v) is 12.2. The third kappa shape index (κ3) is 3.47. The molecule has 1 spiro atoms. The fraction of sp³-hybridized carbons (Fsp3) is 0.538. The van der Waals surface area contributed by atoms with Crippen LogP contribution < -0.4 is 29.6 Å². The largest absolute Gasteiger partial charge is 0.454 e. The summed E-state index contributed by atoms with van der Waals surface area (Å²) in [5, 5.41) is 7.43. The zero-order valence-corrected chi connectivity index (χ0v) is 20.7. The fourth-order valence-corrected chi connectivity index (χ4v) is 5.79. The topological polar surface area (TPSA) is 97.9 Å². The van der Waals surface area contributed by atoms with Crippen molar-refractivity contribution < 1.29 is 37.9 Å². The molecule has 0 radical (unpaired) electrons. The van der Waals surface area contributed by atoms with E-state index in [9.17, 15) is 0 Å². The molecule has 0 saturated carbocycles. The van der Waals surface area contributed by atoms with Crippen LogP contribution in [-0.2, 0) is 18.9 Å².